The fourth-order valence-electron chi connectivity index (χ4n) is 3.35. The Morgan fingerprint density at radius 1 is 1.33 bits per heavy atom. The smallest absolute Gasteiger partial charge is 0.128 e. The number of benzene rings is 1. The first kappa shape index (κ1) is 16.9. The van der Waals surface area contributed by atoms with Gasteiger partial charge in [-0.15, -0.1) is 0 Å². The van der Waals surface area contributed by atoms with Crippen molar-refractivity contribution in [3.63, 3.8) is 0 Å². The molecule has 1 unspecified atom stereocenters. The highest BCUT2D eigenvalue weighted by Gasteiger charge is 2.21. The van der Waals surface area contributed by atoms with Gasteiger partial charge in [0, 0.05) is 18.1 Å². The van der Waals surface area contributed by atoms with Gasteiger partial charge >= 0.3 is 0 Å². The molecule has 1 fully saturated rings. The molecule has 1 saturated heterocycles. The molecule has 24 heavy (non-hydrogen) atoms. The van der Waals surface area contributed by atoms with Crippen molar-refractivity contribution in [2.75, 3.05) is 26.2 Å². The van der Waals surface area contributed by atoms with E-state index in [1.165, 1.54) is 5.57 Å². The molecule has 1 N–H and O–H groups in total. The molecule has 1 aliphatic heterocycles. The van der Waals surface area contributed by atoms with E-state index in [0.29, 0.717) is 19.1 Å². The monoisotopic (exact) mass is 326 g/mol. The third-order valence-electron chi connectivity index (χ3n) is 4.79. The molecule has 128 valence electrons. The van der Waals surface area contributed by atoms with E-state index in [4.69, 9.17) is 4.74 Å². The van der Waals surface area contributed by atoms with Gasteiger partial charge in [-0.2, -0.15) is 0 Å². The van der Waals surface area contributed by atoms with Crippen LogP contribution in [0.3, 0.4) is 0 Å². The minimum Gasteiger partial charge on any atom is -0.490 e. The van der Waals surface area contributed by atoms with E-state index in [9.17, 15) is 5.11 Å². The number of aliphatic hydroxyl groups excluding tert-OH is 1. The number of hydrogen-bond acceptors (Lipinski definition) is 4. The van der Waals surface area contributed by atoms with Crippen LogP contribution in [-0.2, 0) is 0 Å². The molecule has 0 amide bonds. The number of aliphatic hydroxyl groups is 1. The molecule has 2 aromatic rings. The summed E-state index contributed by atoms with van der Waals surface area (Å²) in [6.07, 6.45) is 3.56. The van der Waals surface area contributed by atoms with E-state index in [2.05, 4.69) is 23.4 Å². The maximum atomic E-state index is 10.3. The van der Waals surface area contributed by atoms with Crippen LogP contribution in [0.4, 0.5) is 0 Å². The molecule has 0 aliphatic carbocycles. The van der Waals surface area contributed by atoms with Gasteiger partial charge in [-0.25, -0.2) is 0 Å². The van der Waals surface area contributed by atoms with Gasteiger partial charge < -0.3 is 14.7 Å². The number of pyridine rings is 1. The molecule has 2 heterocycles. The lowest BCUT2D eigenvalue weighted by atomic mass is 9.91. The summed E-state index contributed by atoms with van der Waals surface area (Å²) in [6.45, 7) is 9.17. The van der Waals surface area contributed by atoms with Crippen molar-refractivity contribution in [2.45, 2.75) is 25.9 Å². The Kier molecular flexibility index (Phi) is 5.48. The van der Waals surface area contributed by atoms with E-state index in [0.717, 1.165) is 42.6 Å². The summed E-state index contributed by atoms with van der Waals surface area (Å²) in [6, 6.07) is 9.71. The average molecular weight is 326 g/mol. The molecule has 4 heteroatoms. The van der Waals surface area contributed by atoms with Crippen molar-refractivity contribution >= 4 is 10.9 Å². The van der Waals surface area contributed by atoms with Crippen molar-refractivity contribution in [1.82, 2.24) is 9.88 Å². The van der Waals surface area contributed by atoms with Crippen LogP contribution in [0.5, 0.6) is 5.75 Å². The third kappa shape index (κ3) is 4.13. The number of likely N-dealkylation sites (tertiary alicyclic amines) is 1. The summed E-state index contributed by atoms with van der Waals surface area (Å²) in [7, 11) is 0. The van der Waals surface area contributed by atoms with Crippen molar-refractivity contribution in [2.24, 2.45) is 5.92 Å². The summed E-state index contributed by atoms with van der Waals surface area (Å²) in [5.41, 5.74) is 2.19. The summed E-state index contributed by atoms with van der Waals surface area (Å²) >= 11 is 0. The number of β-amino-alcohol motifs (C(OH)–C–C–N with tert-alkyl or cyclic N) is 1. The van der Waals surface area contributed by atoms with Crippen LogP contribution in [0, 0.1) is 5.92 Å². The predicted molar refractivity (Wildman–Crippen MR) is 97.2 cm³/mol. The zero-order valence-corrected chi connectivity index (χ0v) is 14.3. The maximum absolute atomic E-state index is 10.3. The Labute approximate surface area is 143 Å². The number of piperidine rings is 1. The topological polar surface area (TPSA) is 45.6 Å². The van der Waals surface area contributed by atoms with Crippen LogP contribution in [-0.4, -0.2) is 47.3 Å². The standard InChI is InChI=1S/C20H26N2O2/c1-15(2)16-8-11-22(12-9-16)13-17(23)14-24-20-7-3-6-19-18(20)5-4-10-21-19/h3-7,10,16-17,23H,1,8-9,11-14H2,2H3. The van der Waals surface area contributed by atoms with E-state index < -0.39 is 6.10 Å². The highest BCUT2D eigenvalue weighted by Crippen LogP contribution is 2.25. The maximum Gasteiger partial charge on any atom is 0.128 e. The molecule has 0 radical (unpaired) electrons. The summed E-state index contributed by atoms with van der Waals surface area (Å²) in [5.74, 6) is 1.42. The Morgan fingerprint density at radius 2 is 2.12 bits per heavy atom. The molecule has 4 nitrogen and oxygen atoms in total. The molecule has 0 bridgehead atoms. The number of aromatic nitrogens is 1. The van der Waals surface area contributed by atoms with Gasteiger partial charge in [-0.05, 0) is 63.0 Å². The summed E-state index contributed by atoms with van der Waals surface area (Å²) in [5, 5.41) is 11.3. The highest BCUT2D eigenvalue weighted by atomic mass is 16.5. The van der Waals surface area contributed by atoms with Crippen LogP contribution in [0.15, 0.2) is 48.7 Å². The van der Waals surface area contributed by atoms with E-state index >= 15 is 0 Å². The molecular weight excluding hydrogens is 300 g/mol. The van der Waals surface area contributed by atoms with Gasteiger partial charge in [0.15, 0.2) is 0 Å². The summed E-state index contributed by atoms with van der Waals surface area (Å²) in [4.78, 5) is 6.64. The fourth-order valence-corrected chi connectivity index (χ4v) is 3.35. The Balaban J connectivity index is 1.51. The second-order valence-corrected chi connectivity index (χ2v) is 6.71. The number of hydrogen-bond donors (Lipinski definition) is 1. The first-order valence-corrected chi connectivity index (χ1v) is 8.66. The van der Waals surface area contributed by atoms with Crippen LogP contribution in [0.1, 0.15) is 19.8 Å². The summed E-state index contributed by atoms with van der Waals surface area (Å²) < 4.78 is 5.85. The average Bonchev–Trinajstić information content (AvgIpc) is 2.60. The number of rotatable bonds is 6. The quantitative estimate of drug-likeness (QED) is 0.828. The Bertz CT molecular complexity index is 688. The van der Waals surface area contributed by atoms with E-state index in [-0.39, 0.29) is 0 Å². The van der Waals surface area contributed by atoms with Crippen LogP contribution in [0.25, 0.3) is 10.9 Å². The Morgan fingerprint density at radius 3 is 2.88 bits per heavy atom. The van der Waals surface area contributed by atoms with Crippen molar-refractivity contribution in [1.29, 1.82) is 0 Å². The minimum absolute atomic E-state index is 0.300. The zero-order valence-electron chi connectivity index (χ0n) is 14.3. The normalized spacial score (nSPS) is 17.8. The number of fused-ring (bicyclic) bond motifs is 1. The molecule has 1 aromatic carbocycles. The fraction of sp³-hybridized carbons (Fsp3) is 0.450. The lowest BCUT2D eigenvalue weighted by molar-refractivity contribution is 0.0578. The zero-order chi connectivity index (χ0) is 16.9. The van der Waals surface area contributed by atoms with Gasteiger partial charge in [-0.1, -0.05) is 18.2 Å². The van der Waals surface area contributed by atoms with Gasteiger partial charge in [-0.3, -0.25) is 4.98 Å². The lowest BCUT2D eigenvalue weighted by Crippen LogP contribution is -2.40. The molecular formula is C20H26N2O2. The van der Waals surface area contributed by atoms with Gasteiger partial charge in [0.05, 0.1) is 5.52 Å². The van der Waals surface area contributed by atoms with Gasteiger partial charge in [0.1, 0.15) is 18.5 Å². The second-order valence-electron chi connectivity index (χ2n) is 6.71. The number of ether oxygens (including phenoxy) is 1. The van der Waals surface area contributed by atoms with Crippen molar-refractivity contribution in [3.05, 3.63) is 48.7 Å². The molecule has 3 rings (SSSR count). The van der Waals surface area contributed by atoms with Crippen LogP contribution < -0.4 is 4.74 Å². The van der Waals surface area contributed by atoms with E-state index in [1.54, 1.807) is 6.20 Å². The second kappa shape index (κ2) is 7.77. The first-order valence-electron chi connectivity index (χ1n) is 8.66. The SMILES string of the molecule is C=C(C)C1CCN(CC(O)COc2cccc3ncccc23)CC1. The third-order valence-corrected chi connectivity index (χ3v) is 4.79. The lowest BCUT2D eigenvalue weighted by Gasteiger charge is -2.33. The molecule has 1 atom stereocenters. The minimum atomic E-state index is -0.488. The van der Waals surface area contributed by atoms with Crippen molar-refractivity contribution in [3.8, 4) is 5.75 Å². The predicted octanol–water partition coefficient (Wildman–Crippen LogP) is 3.26. The number of allylic oxidation sites excluding steroid dienone is 1. The van der Waals surface area contributed by atoms with Gasteiger partial charge in [0.25, 0.3) is 0 Å². The van der Waals surface area contributed by atoms with Crippen LogP contribution in [0.2, 0.25) is 0 Å². The van der Waals surface area contributed by atoms with E-state index in [1.807, 2.05) is 30.3 Å². The highest BCUT2D eigenvalue weighted by molar-refractivity contribution is 5.84. The molecule has 0 saturated carbocycles. The molecule has 0 spiro atoms. The Hall–Kier alpha value is -1.91. The number of nitrogens with zero attached hydrogens (tertiary/aromatic N) is 2. The largest absolute Gasteiger partial charge is 0.490 e. The van der Waals surface area contributed by atoms with Crippen LogP contribution >= 0.6 is 0 Å². The van der Waals surface area contributed by atoms with Crippen molar-refractivity contribution < 1.29 is 9.84 Å². The van der Waals surface area contributed by atoms with Gasteiger partial charge in [0.2, 0.25) is 0 Å². The first-order chi connectivity index (χ1) is 11.6. The molecule has 1 aliphatic rings. The molecule has 1 aromatic heterocycles.